The van der Waals surface area contributed by atoms with Crippen LogP contribution in [-0.2, 0) is 21.2 Å². The maximum atomic E-state index is 9.88. The van der Waals surface area contributed by atoms with Gasteiger partial charge in [-0.15, -0.1) is 0 Å². The fraction of sp³-hybridized carbons (Fsp3) is 0. The van der Waals surface area contributed by atoms with E-state index in [0.29, 0.717) is 0 Å². The Morgan fingerprint density at radius 1 is 1.56 bits per heavy atom. The summed E-state index contributed by atoms with van der Waals surface area (Å²) < 4.78 is 44.4. The van der Waals surface area contributed by atoms with Crippen molar-refractivity contribution in [3.8, 4) is 0 Å². The Morgan fingerprint density at radius 3 is 1.89 bits per heavy atom. The Bertz CT molecular complexity index is 236. The predicted octanol–water partition coefficient (Wildman–Crippen LogP) is -0.433. The standard InChI is InChI=1S/C2H4O5S2/c1-2(8(3)4)9(5,6)7/h1H2,(H,3,4)(H,5,6,7). The van der Waals surface area contributed by atoms with Crippen molar-refractivity contribution in [3.63, 3.8) is 0 Å². The predicted molar refractivity (Wildman–Crippen MR) is 31.5 cm³/mol. The second kappa shape index (κ2) is 2.56. The molecule has 0 rings (SSSR count). The summed E-state index contributed by atoms with van der Waals surface area (Å²) in [6.07, 6.45) is 0. The van der Waals surface area contributed by atoms with E-state index in [0.717, 1.165) is 0 Å². The van der Waals surface area contributed by atoms with Gasteiger partial charge in [0.25, 0.3) is 0 Å². The molecule has 54 valence electrons. The number of hydrogen-bond donors (Lipinski definition) is 2. The fourth-order valence-electron chi connectivity index (χ4n) is 0.0901. The highest BCUT2D eigenvalue weighted by molar-refractivity contribution is 8.06. The smallest absolute Gasteiger partial charge is 0.302 e. The summed E-state index contributed by atoms with van der Waals surface area (Å²) in [4.78, 5) is 0. The van der Waals surface area contributed by atoms with Gasteiger partial charge < -0.3 is 4.55 Å². The van der Waals surface area contributed by atoms with Crippen molar-refractivity contribution in [1.29, 1.82) is 0 Å². The largest absolute Gasteiger partial charge is 0.304 e. The molecule has 0 bridgehead atoms. The molecular weight excluding hydrogens is 168 g/mol. The first kappa shape index (κ1) is 8.76. The normalized spacial score (nSPS) is 14.9. The summed E-state index contributed by atoms with van der Waals surface area (Å²) in [5, 5.41) is 0. The van der Waals surface area contributed by atoms with Crippen molar-refractivity contribution < 1.29 is 21.7 Å². The van der Waals surface area contributed by atoms with Gasteiger partial charge in [0.2, 0.25) is 0 Å². The van der Waals surface area contributed by atoms with E-state index in [1.54, 1.807) is 0 Å². The van der Waals surface area contributed by atoms with Crippen LogP contribution in [0, 0.1) is 0 Å². The minimum Gasteiger partial charge on any atom is -0.302 e. The van der Waals surface area contributed by atoms with E-state index in [-0.39, 0.29) is 0 Å². The molecular formula is C2H4O5S2. The highest BCUT2D eigenvalue weighted by Gasteiger charge is 2.15. The second-order valence-corrected chi connectivity index (χ2v) is 3.79. The third-order valence-electron chi connectivity index (χ3n) is 0.482. The summed E-state index contributed by atoms with van der Waals surface area (Å²) in [7, 11) is -4.55. The van der Waals surface area contributed by atoms with Gasteiger partial charge in [-0.3, -0.25) is 4.55 Å². The van der Waals surface area contributed by atoms with Crippen LogP contribution in [0.25, 0.3) is 0 Å². The average molecular weight is 172 g/mol. The molecule has 7 heteroatoms. The number of hydrogen-bond acceptors (Lipinski definition) is 3. The summed E-state index contributed by atoms with van der Waals surface area (Å²) in [5.41, 5.74) is 0. The first-order valence-corrected chi connectivity index (χ1v) is 4.17. The lowest BCUT2D eigenvalue weighted by atomic mass is 11.3. The highest BCUT2D eigenvalue weighted by Crippen LogP contribution is 2.02. The Labute approximate surface area is 54.4 Å². The van der Waals surface area contributed by atoms with Gasteiger partial charge in [-0.1, -0.05) is 6.58 Å². The molecule has 0 fully saturated rings. The van der Waals surface area contributed by atoms with Crippen molar-refractivity contribution in [2.75, 3.05) is 0 Å². The lowest BCUT2D eigenvalue weighted by Crippen LogP contribution is -2.04. The third-order valence-corrected chi connectivity index (χ3v) is 2.51. The molecule has 0 radical (unpaired) electrons. The Morgan fingerprint density at radius 2 is 1.89 bits per heavy atom. The summed E-state index contributed by atoms with van der Waals surface area (Å²) in [6, 6.07) is 0. The lowest BCUT2D eigenvalue weighted by Gasteiger charge is -1.91. The summed E-state index contributed by atoms with van der Waals surface area (Å²) in [5.74, 6) is 0. The Hall–Kier alpha value is -0.240. The van der Waals surface area contributed by atoms with Gasteiger partial charge in [0.1, 0.15) is 0 Å². The molecule has 9 heavy (non-hydrogen) atoms. The summed E-state index contributed by atoms with van der Waals surface area (Å²) in [6.45, 7) is 2.64. The van der Waals surface area contributed by atoms with Gasteiger partial charge >= 0.3 is 10.1 Å². The van der Waals surface area contributed by atoms with Crippen molar-refractivity contribution in [3.05, 3.63) is 10.8 Å². The minimum absolute atomic E-state index is 1.11. The van der Waals surface area contributed by atoms with Gasteiger partial charge in [0, 0.05) is 0 Å². The molecule has 0 aromatic carbocycles. The molecule has 1 unspecified atom stereocenters. The van der Waals surface area contributed by atoms with Crippen LogP contribution in [0.1, 0.15) is 0 Å². The quantitative estimate of drug-likeness (QED) is 0.435. The lowest BCUT2D eigenvalue weighted by molar-refractivity contribution is 0.492. The highest BCUT2D eigenvalue weighted by atomic mass is 32.3. The molecule has 0 aromatic heterocycles. The first-order chi connectivity index (χ1) is 3.85. The average Bonchev–Trinajstić information content (AvgIpc) is 1.62. The molecule has 1 atom stereocenters. The van der Waals surface area contributed by atoms with Crippen LogP contribution in [-0.4, -0.2) is 21.7 Å². The SMILES string of the molecule is C=C(S(=O)O)S(=O)(=O)O. The fourth-order valence-corrected chi connectivity index (χ4v) is 0.811. The zero-order valence-electron chi connectivity index (χ0n) is 4.14. The molecule has 0 spiro atoms. The van der Waals surface area contributed by atoms with E-state index < -0.39 is 25.4 Å². The third kappa shape index (κ3) is 2.70. The van der Waals surface area contributed by atoms with Crippen molar-refractivity contribution in [2.24, 2.45) is 0 Å². The Kier molecular flexibility index (Phi) is 2.50. The van der Waals surface area contributed by atoms with E-state index >= 15 is 0 Å². The van der Waals surface area contributed by atoms with Gasteiger partial charge in [0.05, 0.1) is 0 Å². The maximum Gasteiger partial charge on any atom is 0.304 e. The maximum absolute atomic E-state index is 9.88. The molecule has 2 N–H and O–H groups in total. The van der Waals surface area contributed by atoms with Gasteiger partial charge in [0.15, 0.2) is 15.3 Å². The number of rotatable bonds is 2. The van der Waals surface area contributed by atoms with Crippen LogP contribution < -0.4 is 0 Å². The molecule has 0 aliphatic carbocycles. The molecule has 0 aromatic rings. The minimum atomic E-state index is -4.55. The molecule has 0 heterocycles. The van der Waals surface area contributed by atoms with Crippen LogP contribution in [0.4, 0.5) is 0 Å². The van der Waals surface area contributed by atoms with Crippen LogP contribution in [0.3, 0.4) is 0 Å². The van der Waals surface area contributed by atoms with Gasteiger partial charge in [-0.05, 0) is 0 Å². The van der Waals surface area contributed by atoms with Crippen LogP contribution in [0.2, 0.25) is 0 Å². The molecule has 0 aliphatic rings. The van der Waals surface area contributed by atoms with E-state index in [1.165, 1.54) is 0 Å². The van der Waals surface area contributed by atoms with Gasteiger partial charge in [-0.25, -0.2) is 4.21 Å². The van der Waals surface area contributed by atoms with Crippen LogP contribution in [0.15, 0.2) is 10.8 Å². The molecule has 0 aliphatic heterocycles. The van der Waals surface area contributed by atoms with E-state index in [9.17, 15) is 12.6 Å². The first-order valence-electron chi connectivity index (χ1n) is 1.63. The Balaban J connectivity index is 4.66. The zero-order chi connectivity index (χ0) is 7.65. The molecule has 0 amide bonds. The van der Waals surface area contributed by atoms with Crippen molar-refractivity contribution >= 4 is 21.2 Å². The van der Waals surface area contributed by atoms with E-state index in [2.05, 4.69) is 6.58 Å². The van der Waals surface area contributed by atoms with E-state index in [4.69, 9.17) is 9.11 Å². The molecule has 0 saturated carbocycles. The van der Waals surface area contributed by atoms with Gasteiger partial charge in [-0.2, -0.15) is 8.42 Å². The van der Waals surface area contributed by atoms with Crippen LogP contribution >= 0.6 is 0 Å². The summed E-state index contributed by atoms with van der Waals surface area (Å²) >= 11 is -2.71. The van der Waals surface area contributed by atoms with E-state index in [1.807, 2.05) is 0 Å². The molecule has 5 nitrogen and oxygen atoms in total. The monoisotopic (exact) mass is 172 g/mol. The van der Waals surface area contributed by atoms with Crippen molar-refractivity contribution in [1.82, 2.24) is 0 Å². The zero-order valence-corrected chi connectivity index (χ0v) is 5.78. The van der Waals surface area contributed by atoms with Crippen molar-refractivity contribution in [2.45, 2.75) is 0 Å². The topological polar surface area (TPSA) is 91.7 Å². The molecule has 0 saturated heterocycles. The van der Waals surface area contributed by atoms with Crippen LogP contribution in [0.5, 0.6) is 0 Å². The second-order valence-electron chi connectivity index (χ2n) is 1.10.